The molecule has 0 radical (unpaired) electrons. The summed E-state index contributed by atoms with van der Waals surface area (Å²) in [6.07, 6.45) is 2.37. The molecule has 2 aromatic carbocycles. The van der Waals surface area contributed by atoms with Crippen molar-refractivity contribution in [2.45, 2.75) is 32.2 Å². The molecule has 3 heteroatoms. The zero-order chi connectivity index (χ0) is 15.1. The zero-order valence-electron chi connectivity index (χ0n) is 12.2. The van der Waals surface area contributed by atoms with Crippen molar-refractivity contribution in [3.05, 3.63) is 70.2 Å². The maximum atomic E-state index is 12.0. The third-order valence-corrected chi connectivity index (χ3v) is 3.92. The van der Waals surface area contributed by atoms with Gasteiger partial charge in [-0.25, -0.2) is 0 Å². The number of carbonyl (C=O) groups is 1. The van der Waals surface area contributed by atoms with E-state index in [1.54, 1.807) is 0 Å². The number of rotatable bonds is 6. The fourth-order valence-electron chi connectivity index (χ4n) is 2.21. The molecule has 0 fully saturated rings. The number of halogens is 1. The van der Waals surface area contributed by atoms with E-state index in [-0.39, 0.29) is 11.9 Å². The highest BCUT2D eigenvalue weighted by Gasteiger charge is 2.08. The summed E-state index contributed by atoms with van der Waals surface area (Å²) in [6, 6.07) is 18.4. The topological polar surface area (TPSA) is 29.1 Å². The van der Waals surface area contributed by atoms with Crippen molar-refractivity contribution in [3.8, 4) is 0 Å². The number of carbonyl (C=O) groups excluding carboxylic acids is 1. The van der Waals surface area contributed by atoms with E-state index in [0.717, 1.165) is 22.9 Å². The molecule has 1 atom stereocenters. The maximum absolute atomic E-state index is 12.0. The summed E-state index contributed by atoms with van der Waals surface area (Å²) in [5, 5.41) is 3.06. The third kappa shape index (κ3) is 5.72. The van der Waals surface area contributed by atoms with Gasteiger partial charge in [0.15, 0.2) is 0 Å². The first kappa shape index (κ1) is 15.8. The third-order valence-electron chi connectivity index (χ3n) is 3.39. The van der Waals surface area contributed by atoms with Crippen molar-refractivity contribution in [2.75, 3.05) is 0 Å². The molecule has 0 spiro atoms. The number of amides is 1. The van der Waals surface area contributed by atoms with Gasteiger partial charge in [-0.1, -0.05) is 58.4 Å². The van der Waals surface area contributed by atoms with E-state index in [0.29, 0.717) is 6.42 Å². The van der Waals surface area contributed by atoms with Crippen molar-refractivity contribution in [1.29, 1.82) is 0 Å². The van der Waals surface area contributed by atoms with Gasteiger partial charge in [-0.15, -0.1) is 0 Å². The second kappa shape index (κ2) is 7.99. The molecule has 0 saturated carbocycles. The highest BCUT2D eigenvalue weighted by atomic mass is 79.9. The summed E-state index contributed by atoms with van der Waals surface area (Å²) in [7, 11) is 0. The van der Waals surface area contributed by atoms with Crippen molar-refractivity contribution in [2.24, 2.45) is 0 Å². The van der Waals surface area contributed by atoms with Gasteiger partial charge >= 0.3 is 0 Å². The van der Waals surface area contributed by atoms with Gasteiger partial charge in [0.25, 0.3) is 0 Å². The molecule has 0 aromatic heterocycles. The Hall–Kier alpha value is -1.61. The Morgan fingerprint density at radius 3 is 2.38 bits per heavy atom. The summed E-state index contributed by atoms with van der Waals surface area (Å²) < 4.78 is 1.03. The van der Waals surface area contributed by atoms with Gasteiger partial charge in [0.05, 0.1) is 6.42 Å². The summed E-state index contributed by atoms with van der Waals surface area (Å²) in [4.78, 5) is 12.0. The van der Waals surface area contributed by atoms with E-state index >= 15 is 0 Å². The average molecular weight is 346 g/mol. The van der Waals surface area contributed by atoms with Gasteiger partial charge in [-0.3, -0.25) is 4.79 Å². The van der Waals surface area contributed by atoms with Crippen LogP contribution in [0.5, 0.6) is 0 Å². The first-order valence-corrected chi connectivity index (χ1v) is 8.00. The standard InChI is InChI=1S/C18H20BrNO/c1-14(7-8-15-5-3-2-4-6-15)20-18(21)13-16-9-11-17(19)12-10-16/h2-6,9-12,14H,7-8,13H2,1H3,(H,20,21)/t14-/m0/s1. The van der Waals surface area contributed by atoms with Crippen LogP contribution in [-0.2, 0) is 17.6 Å². The van der Waals surface area contributed by atoms with Crippen LogP contribution < -0.4 is 5.32 Å². The van der Waals surface area contributed by atoms with Gasteiger partial charge in [-0.2, -0.15) is 0 Å². The molecule has 1 amide bonds. The summed E-state index contributed by atoms with van der Waals surface area (Å²) in [5.41, 5.74) is 2.34. The van der Waals surface area contributed by atoms with Crippen molar-refractivity contribution in [1.82, 2.24) is 5.32 Å². The lowest BCUT2D eigenvalue weighted by Gasteiger charge is -2.14. The van der Waals surface area contributed by atoms with Gasteiger partial charge in [0.1, 0.15) is 0 Å². The van der Waals surface area contributed by atoms with Crippen LogP contribution in [0.2, 0.25) is 0 Å². The van der Waals surface area contributed by atoms with Crippen molar-refractivity contribution >= 4 is 21.8 Å². The van der Waals surface area contributed by atoms with Crippen LogP contribution in [0.1, 0.15) is 24.5 Å². The van der Waals surface area contributed by atoms with E-state index in [4.69, 9.17) is 0 Å². The number of nitrogens with one attached hydrogen (secondary N) is 1. The van der Waals surface area contributed by atoms with Crippen LogP contribution in [-0.4, -0.2) is 11.9 Å². The quantitative estimate of drug-likeness (QED) is 0.837. The van der Waals surface area contributed by atoms with Gasteiger partial charge in [0.2, 0.25) is 5.91 Å². The minimum absolute atomic E-state index is 0.0814. The SMILES string of the molecule is C[C@@H](CCc1ccccc1)NC(=O)Cc1ccc(Br)cc1. The predicted molar refractivity (Wildman–Crippen MR) is 90.2 cm³/mol. The van der Waals surface area contributed by atoms with Gasteiger partial charge < -0.3 is 5.32 Å². The summed E-state index contributed by atoms with van der Waals surface area (Å²) >= 11 is 3.39. The molecule has 0 saturated heterocycles. The van der Waals surface area contributed by atoms with Crippen LogP contribution in [0, 0.1) is 0 Å². The van der Waals surface area contributed by atoms with Gasteiger partial charge in [0, 0.05) is 10.5 Å². The molecule has 2 aromatic rings. The molecule has 0 unspecified atom stereocenters. The minimum atomic E-state index is 0.0814. The Morgan fingerprint density at radius 1 is 1.05 bits per heavy atom. The minimum Gasteiger partial charge on any atom is -0.353 e. The lowest BCUT2D eigenvalue weighted by Crippen LogP contribution is -2.34. The van der Waals surface area contributed by atoms with Crippen molar-refractivity contribution in [3.63, 3.8) is 0 Å². The molecule has 2 nitrogen and oxygen atoms in total. The smallest absolute Gasteiger partial charge is 0.224 e. The fourth-order valence-corrected chi connectivity index (χ4v) is 2.48. The molecule has 0 bridgehead atoms. The average Bonchev–Trinajstić information content (AvgIpc) is 2.48. The highest BCUT2D eigenvalue weighted by molar-refractivity contribution is 9.10. The Kier molecular flexibility index (Phi) is 6.00. The van der Waals surface area contributed by atoms with E-state index in [1.807, 2.05) is 42.5 Å². The van der Waals surface area contributed by atoms with Crippen LogP contribution in [0.15, 0.2) is 59.1 Å². The molecule has 0 aliphatic rings. The first-order chi connectivity index (χ1) is 10.1. The predicted octanol–water partition coefficient (Wildman–Crippen LogP) is 4.13. The van der Waals surface area contributed by atoms with E-state index < -0.39 is 0 Å². The van der Waals surface area contributed by atoms with Crippen LogP contribution >= 0.6 is 15.9 Å². The molecular weight excluding hydrogens is 326 g/mol. The molecule has 1 N–H and O–H groups in total. The highest BCUT2D eigenvalue weighted by Crippen LogP contribution is 2.11. The molecule has 0 aliphatic carbocycles. The maximum Gasteiger partial charge on any atom is 0.224 e. The Balaban J connectivity index is 1.75. The summed E-state index contributed by atoms with van der Waals surface area (Å²) in [5.74, 6) is 0.0814. The Bertz CT molecular complexity index is 566. The number of aryl methyl sites for hydroxylation is 1. The normalized spacial score (nSPS) is 11.9. The first-order valence-electron chi connectivity index (χ1n) is 7.21. The second-order valence-corrected chi connectivity index (χ2v) is 6.21. The van der Waals surface area contributed by atoms with Crippen LogP contribution in [0.25, 0.3) is 0 Å². The lowest BCUT2D eigenvalue weighted by atomic mass is 10.1. The number of hydrogen-bond acceptors (Lipinski definition) is 1. The summed E-state index contributed by atoms with van der Waals surface area (Å²) in [6.45, 7) is 2.06. The van der Waals surface area contributed by atoms with Crippen LogP contribution in [0.4, 0.5) is 0 Å². The molecule has 0 heterocycles. The Labute approximate surface area is 134 Å². The molecule has 21 heavy (non-hydrogen) atoms. The monoisotopic (exact) mass is 345 g/mol. The zero-order valence-corrected chi connectivity index (χ0v) is 13.8. The van der Waals surface area contributed by atoms with E-state index in [2.05, 4.69) is 40.3 Å². The molecular formula is C18H20BrNO. The van der Waals surface area contributed by atoms with Gasteiger partial charge in [-0.05, 0) is 43.0 Å². The molecule has 2 rings (SSSR count). The lowest BCUT2D eigenvalue weighted by molar-refractivity contribution is -0.121. The number of hydrogen-bond donors (Lipinski definition) is 1. The van der Waals surface area contributed by atoms with Crippen molar-refractivity contribution < 1.29 is 4.79 Å². The van der Waals surface area contributed by atoms with E-state index in [9.17, 15) is 4.79 Å². The fraction of sp³-hybridized carbons (Fsp3) is 0.278. The largest absolute Gasteiger partial charge is 0.353 e. The second-order valence-electron chi connectivity index (χ2n) is 5.30. The Morgan fingerprint density at radius 2 is 1.71 bits per heavy atom. The number of benzene rings is 2. The molecule has 110 valence electrons. The van der Waals surface area contributed by atoms with E-state index in [1.165, 1.54) is 5.56 Å². The van der Waals surface area contributed by atoms with Crippen LogP contribution in [0.3, 0.4) is 0 Å². The molecule has 0 aliphatic heterocycles.